The number of carbonyl (C=O) groups is 2. The lowest BCUT2D eigenvalue weighted by atomic mass is 10.0. The molecule has 3 aromatic carbocycles. The highest BCUT2D eigenvalue weighted by molar-refractivity contribution is 5.92. The highest BCUT2D eigenvalue weighted by atomic mass is 19.4. The first kappa shape index (κ1) is 33.4. The van der Waals surface area contributed by atoms with Crippen LogP contribution in [0.2, 0.25) is 0 Å². The van der Waals surface area contributed by atoms with Gasteiger partial charge >= 0.3 is 6.18 Å². The monoisotopic (exact) mass is 612 g/mol. The van der Waals surface area contributed by atoms with Crippen molar-refractivity contribution in [2.45, 2.75) is 32.5 Å². The van der Waals surface area contributed by atoms with Crippen LogP contribution in [-0.4, -0.2) is 60.6 Å². The van der Waals surface area contributed by atoms with Crippen LogP contribution in [0.15, 0.2) is 54.6 Å². The molecule has 4 N–H and O–H groups in total. The average Bonchev–Trinajstić information content (AvgIpc) is 2.96. The molecular formula is C31H35F3N6O4. The fraction of sp³-hybridized carbons (Fsp3) is 0.290. The number of nitrogens with one attached hydrogen (secondary N) is 1. The van der Waals surface area contributed by atoms with Crippen LogP contribution in [0, 0.1) is 6.92 Å². The average molecular weight is 613 g/mol. The van der Waals surface area contributed by atoms with Crippen molar-refractivity contribution in [2.24, 2.45) is 0 Å². The Morgan fingerprint density at radius 2 is 1.70 bits per heavy atom. The van der Waals surface area contributed by atoms with E-state index < -0.39 is 17.8 Å². The fourth-order valence-corrected chi connectivity index (χ4v) is 4.51. The molecule has 0 spiro atoms. The number of aryl methyl sites for hydroxylation is 1. The fourth-order valence-electron chi connectivity index (χ4n) is 4.51. The number of likely N-dealkylation sites (N-methyl/N-ethyl adjacent to an activating group) is 1. The van der Waals surface area contributed by atoms with E-state index >= 15 is 0 Å². The predicted octanol–water partition coefficient (Wildman–Crippen LogP) is 5.82. The largest absolute Gasteiger partial charge is 0.496 e. The number of alkyl halides is 3. The van der Waals surface area contributed by atoms with Crippen LogP contribution in [0.25, 0.3) is 10.9 Å². The van der Waals surface area contributed by atoms with E-state index in [0.29, 0.717) is 33.9 Å². The van der Waals surface area contributed by atoms with Gasteiger partial charge in [-0.05, 0) is 74.0 Å². The summed E-state index contributed by atoms with van der Waals surface area (Å²) >= 11 is 0. The molecule has 0 aliphatic rings. The normalized spacial score (nSPS) is 11.7. The Balaban J connectivity index is 0.00000169. The maximum Gasteiger partial charge on any atom is 0.416 e. The zero-order valence-corrected chi connectivity index (χ0v) is 25.2. The number of carboxylic acid groups (broad SMARTS) is 1. The quantitative estimate of drug-likeness (QED) is 0.166. The number of nitrogens with zero attached hydrogens (tertiary/aromatic N) is 4. The molecule has 0 fully saturated rings. The van der Waals surface area contributed by atoms with Gasteiger partial charge in [0.15, 0.2) is 0 Å². The van der Waals surface area contributed by atoms with E-state index in [1.165, 1.54) is 11.0 Å². The third-order valence-electron chi connectivity index (χ3n) is 6.83. The lowest BCUT2D eigenvalue weighted by Gasteiger charge is -2.23. The van der Waals surface area contributed by atoms with Crippen molar-refractivity contribution in [2.75, 3.05) is 44.2 Å². The maximum atomic E-state index is 13.4. The van der Waals surface area contributed by atoms with Crippen molar-refractivity contribution in [3.05, 3.63) is 77.1 Å². The predicted molar refractivity (Wildman–Crippen MR) is 164 cm³/mol. The Labute approximate surface area is 253 Å². The molecule has 234 valence electrons. The number of amides is 1. The van der Waals surface area contributed by atoms with Crippen molar-refractivity contribution in [1.29, 1.82) is 0 Å². The summed E-state index contributed by atoms with van der Waals surface area (Å²) in [5.41, 5.74) is 8.49. The van der Waals surface area contributed by atoms with Gasteiger partial charge in [0.25, 0.3) is 6.47 Å². The molecule has 13 heteroatoms. The molecule has 1 heterocycles. The molecule has 4 aromatic rings. The second-order valence-corrected chi connectivity index (χ2v) is 10.2. The molecule has 1 amide bonds. The van der Waals surface area contributed by atoms with Gasteiger partial charge in [-0.2, -0.15) is 13.2 Å². The smallest absolute Gasteiger partial charge is 0.416 e. The molecule has 10 nitrogen and oxygen atoms in total. The van der Waals surface area contributed by atoms with Gasteiger partial charge in [0.05, 0.1) is 30.7 Å². The molecular weight excluding hydrogens is 577 g/mol. The van der Waals surface area contributed by atoms with Crippen LogP contribution in [0.1, 0.15) is 35.5 Å². The minimum atomic E-state index is -4.51. The zero-order chi connectivity index (χ0) is 32.8. The van der Waals surface area contributed by atoms with E-state index in [-0.39, 0.29) is 24.5 Å². The standard InChI is InChI=1S/C30H33F3N6O2.CH2O2/c1-17(19-11-21(30(31,32)33)15-22(34)12-19)35-29-25-16-24(7-9-26(25)36-18(2)37-29)39(5)23-8-10-27(41-6)20(13-23)14-28(40)38(3)4;2-1-3/h7-13,15-17H,14,34H2,1-6H3,(H,35,36,37);1H,(H,2,3)/t17-;/m1./s1. The van der Waals surface area contributed by atoms with Gasteiger partial charge in [-0.3, -0.25) is 9.59 Å². The first-order chi connectivity index (χ1) is 20.7. The van der Waals surface area contributed by atoms with Crippen LogP contribution < -0.4 is 20.7 Å². The third kappa shape index (κ3) is 8.06. The summed E-state index contributed by atoms with van der Waals surface area (Å²) < 4.78 is 45.7. The van der Waals surface area contributed by atoms with Crippen molar-refractivity contribution in [3.63, 3.8) is 0 Å². The van der Waals surface area contributed by atoms with Gasteiger partial charge in [0.1, 0.15) is 17.4 Å². The molecule has 1 aromatic heterocycles. The highest BCUT2D eigenvalue weighted by Gasteiger charge is 2.31. The second-order valence-electron chi connectivity index (χ2n) is 10.2. The van der Waals surface area contributed by atoms with Crippen LogP contribution in [-0.2, 0) is 22.2 Å². The summed E-state index contributed by atoms with van der Waals surface area (Å²) in [7, 11) is 6.88. The summed E-state index contributed by atoms with van der Waals surface area (Å²) in [6, 6.07) is 14.3. The first-order valence-corrected chi connectivity index (χ1v) is 13.4. The van der Waals surface area contributed by atoms with Gasteiger partial charge in [-0.1, -0.05) is 0 Å². The number of hydrogen-bond donors (Lipinski definition) is 3. The van der Waals surface area contributed by atoms with E-state index in [9.17, 15) is 18.0 Å². The van der Waals surface area contributed by atoms with E-state index in [0.717, 1.165) is 29.1 Å². The number of benzene rings is 3. The minimum Gasteiger partial charge on any atom is -0.496 e. The van der Waals surface area contributed by atoms with Gasteiger partial charge in [-0.25, -0.2) is 9.97 Å². The molecule has 1 atom stereocenters. The Morgan fingerprint density at radius 3 is 2.32 bits per heavy atom. The molecule has 0 saturated carbocycles. The summed E-state index contributed by atoms with van der Waals surface area (Å²) in [5.74, 6) is 1.57. The van der Waals surface area contributed by atoms with Crippen LogP contribution >= 0.6 is 0 Å². The maximum absolute atomic E-state index is 13.4. The Morgan fingerprint density at radius 1 is 1.07 bits per heavy atom. The van der Waals surface area contributed by atoms with Gasteiger partial charge in [0.2, 0.25) is 5.91 Å². The van der Waals surface area contributed by atoms with E-state index in [1.807, 2.05) is 48.3 Å². The summed E-state index contributed by atoms with van der Waals surface area (Å²) in [5, 5.41) is 10.8. The lowest BCUT2D eigenvalue weighted by Crippen LogP contribution is -2.23. The molecule has 0 aliphatic heterocycles. The number of ether oxygens (including phenoxy) is 1. The highest BCUT2D eigenvalue weighted by Crippen LogP contribution is 2.35. The number of rotatable bonds is 8. The first-order valence-electron chi connectivity index (χ1n) is 13.4. The molecule has 0 radical (unpaired) electrons. The number of nitrogens with two attached hydrogens (primary N) is 1. The number of methoxy groups -OCH3 is 1. The van der Waals surface area contributed by atoms with Crippen LogP contribution in [0.4, 0.5) is 36.1 Å². The van der Waals surface area contributed by atoms with Crippen LogP contribution in [0.3, 0.4) is 0 Å². The van der Waals surface area contributed by atoms with Crippen molar-refractivity contribution in [3.8, 4) is 5.75 Å². The van der Waals surface area contributed by atoms with Crippen molar-refractivity contribution >= 4 is 46.2 Å². The number of hydrogen-bond acceptors (Lipinski definition) is 8. The van der Waals surface area contributed by atoms with Gasteiger partial charge < -0.3 is 30.7 Å². The van der Waals surface area contributed by atoms with E-state index in [1.54, 1.807) is 35.1 Å². The molecule has 44 heavy (non-hydrogen) atoms. The molecule has 0 aliphatic carbocycles. The Kier molecular flexibility index (Phi) is 10.6. The number of fused-ring (bicyclic) bond motifs is 1. The number of carbonyl (C=O) groups excluding carboxylic acids is 1. The third-order valence-corrected chi connectivity index (χ3v) is 6.83. The lowest BCUT2D eigenvalue weighted by molar-refractivity contribution is -0.137. The number of aromatic nitrogens is 2. The van der Waals surface area contributed by atoms with Crippen LogP contribution in [0.5, 0.6) is 5.75 Å². The molecule has 4 rings (SSSR count). The van der Waals surface area contributed by atoms with Crippen molar-refractivity contribution < 1.29 is 32.6 Å². The van der Waals surface area contributed by atoms with E-state index in [4.69, 9.17) is 20.4 Å². The minimum absolute atomic E-state index is 0.0299. The number of halogens is 3. The summed E-state index contributed by atoms with van der Waals surface area (Å²) in [6.45, 7) is 3.26. The van der Waals surface area contributed by atoms with Gasteiger partial charge in [0, 0.05) is 49.2 Å². The van der Waals surface area contributed by atoms with Crippen molar-refractivity contribution in [1.82, 2.24) is 14.9 Å². The number of nitrogen functional groups attached to an aromatic ring is 1. The summed E-state index contributed by atoms with van der Waals surface area (Å²) in [4.78, 5) is 33.4. The topological polar surface area (TPSA) is 134 Å². The number of anilines is 4. The Hall–Kier alpha value is -5.07. The summed E-state index contributed by atoms with van der Waals surface area (Å²) in [6.07, 6.45) is -4.32. The van der Waals surface area contributed by atoms with E-state index in [2.05, 4.69) is 15.3 Å². The molecule has 0 saturated heterocycles. The SMILES string of the molecule is COc1ccc(N(C)c2ccc3nc(C)nc(N[C@H](C)c4cc(N)cc(C(F)(F)F)c4)c3c2)cc1CC(=O)N(C)C.O=CO. The second kappa shape index (κ2) is 13.9. The molecule has 0 bridgehead atoms. The van der Waals surface area contributed by atoms with Gasteiger partial charge in [-0.15, -0.1) is 0 Å². The zero-order valence-electron chi connectivity index (χ0n) is 25.2. The Bertz CT molecular complexity index is 1650. The molecule has 0 unspecified atom stereocenters.